The molecule has 0 amide bonds. The topological polar surface area (TPSA) is 53.3 Å². The van der Waals surface area contributed by atoms with E-state index in [0.717, 1.165) is 25.9 Å². The maximum Gasteiger partial charge on any atom is 0.314 e. The molecule has 2 bridgehead atoms. The van der Waals surface area contributed by atoms with Gasteiger partial charge in [-0.05, 0) is 47.2 Å². The number of hydrogen-bond acceptors (Lipinski definition) is 4. The Morgan fingerprint density at radius 3 is 2.53 bits per heavy atom. The van der Waals surface area contributed by atoms with Gasteiger partial charge in [0.2, 0.25) is 0 Å². The summed E-state index contributed by atoms with van der Waals surface area (Å²) in [5.74, 6) is 0.185. The van der Waals surface area contributed by atoms with Crippen molar-refractivity contribution >= 4 is 5.97 Å². The third-order valence-corrected chi connectivity index (χ3v) is 8.75. The van der Waals surface area contributed by atoms with Crippen LogP contribution in [0, 0.1) is 22.7 Å². The Hall–Kier alpha value is -3.42. The molecule has 1 saturated carbocycles. The molecule has 0 spiro atoms. The lowest BCUT2D eigenvalue weighted by atomic mass is 9.42. The van der Waals surface area contributed by atoms with Crippen molar-refractivity contribution in [1.29, 1.82) is 5.26 Å². The van der Waals surface area contributed by atoms with Crippen LogP contribution in [0.3, 0.4) is 0 Å². The number of benzene rings is 3. The minimum absolute atomic E-state index is 0.0784. The van der Waals surface area contributed by atoms with E-state index in [-0.39, 0.29) is 23.2 Å². The largest absolute Gasteiger partial charge is 0.469 e. The molecule has 7 rings (SSSR count). The lowest BCUT2D eigenvalue weighted by Gasteiger charge is -2.59. The molecule has 34 heavy (non-hydrogen) atoms. The Morgan fingerprint density at radius 2 is 1.79 bits per heavy atom. The smallest absolute Gasteiger partial charge is 0.314 e. The van der Waals surface area contributed by atoms with Crippen LogP contribution < -0.4 is 0 Å². The Balaban J connectivity index is 1.54. The number of hydrogen-bond donors (Lipinski definition) is 0. The first-order chi connectivity index (χ1) is 16.6. The highest BCUT2D eigenvalue weighted by atomic mass is 16.5. The van der Waals surface area contributed by atoms with Gasteiger partial charge >= 0.3 is 5.97 Å². The van der Waals surface area contributed by atoms with Crippen molar-refractivity contribution in [2.75, 3.05) is 20.2 Å². The van der Waals surface area contributed by atoms with E-state index in [1.165, 1.54) is 29.4 Å². The van der Waals surface area contributed by atoms with Crippen LogP contribution in [0.5, 0.6) is 0 Å². The van der Waals surface area contributed by atoms with Gasteiger partial charge in [-0.1, -0.05) is 66.7 Å². The van der Waals surface area contributed by atoms with Crippen molar-refractivity contribution in [3.05, 3.63) is 107 Å². The fourth-order valence-electron chi connectivity index (χ4n) is 7.53. The maximum absolute atomic E-state index is 13.7. The molecule has 170 valence electrons. The first-order valence-electron chi connectivity index (χ1n) is 12.1. The molecule has 1 aliphatic heterocycles. The molecule has 4 nitrogen and oxygen atoms in total. The van der Waals surface area contributed by atoms with Crippen LogP contribution >= 0.6 is 0 Å². The summed E-state index contributed by atoms with van der Waals surface area (Å²) in [6.07, 6.45) is 1.96. The molecule has 0 aromatic heterocycles. The SMILES string of the molecule is COC(=O)C12CN(Cc3ccccc3)CC1C1(c3ccc(C#N)cc3)CCC2c2ccccc21. The molecule has 1 saturated heterocycles. The summed E-state index contributed by atoms with van der Waals surface area (Å²) in [5, 5.41) is 9.38. The Kier molecular flexibility index (Phi) is 4.86. The second-order valence-electron chi connectivity index (χ2n) is 10.1. The zero-order valence-corrected chi connectivity index (χ0v) is 19.4. The highest BCUT2D eigenvalue weighted by Crippen LogP contribution is 2.69. The predicted octanol–water partition coefficient (Wildman–Crippen LogP) is 5.03. The van der Waals surface area contributed by atoms with Gasteiger partial charge in [0.05, 0.1) is 24.2 Å². The van der Waals surface area contributed by atoms with E-state index in [9.17, 15) is 10.1 Å². The maximum atomic E-state index is 13.7. The highest BCUT2D eigenvalue weighted by molar-refractivity contribution is 5.82. The van der Waals surface area contributed by atoms with Crippen LogP contribution in [0.1, 0.15) is 46.6 Å². The third-order valence-electron chi connectivity index (χ3n) is 8.75. The van der Waals surface area contributed by atoms with Crippen LogP contribution in [-0.2, 0) is 21.5 Å². The van der Waals surface area contributed by atoms with E-state index in [1.54, 1.807) is 0 Å². The van der Waals surface area contributed by atoms with E-state index in [1.807, 2.05) is 18.2 Å². The molecule has 2 fully saturated rings. The number of nitriles is 1. The summed E-state index contributed by atoms with van der Waals surface area (Å²) in [6.45, 7) is 2.37. The summed E-state index contributed by atoms with van der Waals surface area (Å²) in [5.41, 5.74) is 4.91. The zero-order chi connectivity index (χ0) is 23.3. The molecular weight excluding hydrogens is 420 g/mol. The van der Waals surface area contributed by atoms with Gasteiger partial charge in [0.1, 0.15) is 0 Å². The lowest BCUT2D eigenvalue weighted by Crippen LogP contribution is -2.60. The van der Waals surface area contributed by atoms with Crippen molar-refractivity contribution in [2.45, 2.75) is 30.7 Å². The summed E-state index contributed by atoms with van der Waals surface area (Å²) >= 11 is 0. The minimum atomic E-state index is -0.579. The molecule has 0 radical (unpaired) electrons. The van der Waals surface area contributed by atoms with Gasteiger partial charge in [0.15, 0.2) is 0 Å². The minimum Gasteiger partial charge on any atom is -0.469 e. The third kappa shape index (κ3) is 2.77. The van der Waals surface area contributed by atoms with Gasteiger partial charge in [0, 0.05) is 36.9 Å². The van der Waals surface area contributed by atoms with E-state index in [2.05, 4.69) is 71.6 Å². The van der Waals surface area contributed by atoms with Crippen molar-refractivity contribution in [1.82, 2.24) is 4.90 Å². The first kappa shape index (κ1) is 21.1. The highest BCUT2D eigenvalue weighted by Gasteiger charge is 2.70. The fourth-order valence-corrected chi connectivity index (χ4v) is 7.53. The molecule has 1 heterocycles. The molecule has 4 aliphatic rings. The van der Waals surface area contributed by atoms with Crippen LogP contribution in [0.2, 0.25) is 0 Å². The first-order valence-corrected chi connectivity index (χ1v) is 12.1. The number of rotatable bonds is 4. The molecule has 3 aliphatic carbocycles. The van der Waals surface area contributed by atoms with Gasteiger partial charge in [-0.15, -0.1) is 0 Å². The normalized spacial score (nSPS) is 29.2. The summed E-state index contributed by atoms with van der Waals surface area (Å²) in [4.78, 5) is 16.2. The second kappa shape index (κ2) is 7.82. The summed E-state index contributed by atoms with van der Waals surface area (Å²) in [7, 11) is 1.54. The molecule has 4 unspecified atom stereocenters. The number of carbonyl (C=O) groups excluding carboxylic acids is 1. The number of fused-ring (bicyclic) bond motifs is 1. The predicted molar refractivity (Wildman–Crippen MR) is 130 cm³/mol. The fraction of sp³-hybridized carbons (Fsp3) is 0.333. The average molecular weight is 449 g/mol. The van der Waals surface area contributed by atoms with Crippen molar-refractivity contribution in [2.24, 2.45) is 11.3 Å². The number of nitrogens with zero attached hydrogens (tertiary/aromatic N) is 2. The van der Waals surface area contributed by atoms with Gasteiger partial charge in [-0.3, -0.25) is 9.69 Å². The van der Waals surface area contributed by atoms with Gasteiger partial charge < -0.3 is 4.74 Å². The molecule has 3 aromatic carbocycles. The average Bonchev–Trinajstić information content (AvgIpc) is 3.30. The van der Waals surface area contributed by atoms with Crippen molar-refractivity contribution in [3.8, 4) is 6.07 Å². The van der Waals surface area contributed by atoms with E-state index < -0.39 is 5.41 Å². The van der Waals surface area contributed by atoms with Crippen LogP contribution in [0.25, 0.3) is 0 Å². The zero-order valence-electron chi connectivity index (χ0n) is 19.4. The Bertz CT molecular complexity index is 1280. The van der Waals surface area contributed by atoms with Crippen LogP contribution in [-0.4, -0.2) is 31.1 Å². The second-order valence-corrected chi connectivity index (χ2v) is 10.1. The molecular formula is C30H28N2O2. The molecule has 4 heteroatoms. The van der Waals surface area contributed by atoms with Crippen molar-refractivity contribution < 1.29 is 9.53 Å². The van der Waals surface area contributed by atoms with E-state index in [4.69, 9.17) is 4.74 Å². The van der Waals surface area contributed by atoms with Crippen molar-refractivity contribution in [3.63, 3.8) is 0 Å². The summed E-state index contributed by atoms with van der Waals surface area (Å²) in [6, 6.07) is 29.5. The monoisotopic (exact) mass is 448 g/mol. The van der Waals surface area contributed by atoms with Crippen LogP contribution in [0.4, 0.5) is 0 Å². The Labute approximate surface area is 200 Å². The van der Waals surface area contributed by atoms with Crippen LogP contribution in [0.15, 0.2) is 78.9 Å². The number of esters is 1. The van der Waals surface area contributed by atoms with Gasteiger partial charge in [0.25, 0.3) is 0 Å². The number of likely N-dealkylation sites (tertiary alicyclic amines) is 1. The lowest BCUT2D eigenvalue weighted by molar-refractivity contribution is -0.161. The summed E-state index contributed by atoms with van der Waals surface area (Å²) < 4.78 is 5.57. The number of methoxy groups -OCH3 is 1. The molecule has 3 aromatic rings. The van der Waals surface area contributed by atoms with Gasteiger partial charge in [-0.25, -0.2) is 0 Å². The van der Waals surface area contributed by atoms with Gasteiger partial charge in [-0.2, -0.15) is 5.26 Å². The molecule has 0 N–H and O–H groups in total. The number of carbonyl (C=O) groups is 1. The quantitative estimate of drug-likeness (QED) is 0.526. The number of ether oxygens (including phenoxy) is 1. The van der Waals surface area contributed by atoms with E-state index in [0.29, 0.717) is 12.1 Å². The molecule has 4 atom stereocenters. The standard InChI is InChI=1S/C30H28N2O2/c1-34-28(33)30-20-32(18-22-7-3-2-4-8-22)19-27(30)29(23-13-11-21(17-31)12-14-23)16-15-26(30)24-9-5-6-10-25(24)29/h2-14,26-27H,15-16,18-20H2,1H3. The Morgan fingerprint density at radius 1 is 1.06 bits per heavy atom. The van der Waals surface area contributed by atoms with E-state index >= 15 is 0 Å².